The van der Waals surface area contributed by atoms with E-state index in [1.165, 1.54) is 5.56 Å². The third-order valence-corrected chi connectivity index (χ3v) is 4.75. The van der Waals surface area contributed by atoms with Crippen molar-refractivity contribution in [2.24, 2.45) is 0 Å². The van der Waals surface area contributed by atoms with E-state index in [1.54, 1.807) is 0 Å². The predicted octanol–water partition coefficient (Wildman–Crippen LogP) is 3.23. The topological polar surface area (TPSA) is 84.5 Å². The Morgan fingerprint density at radius 3 is 2.30 bits per heavy atom. The second-order valence-corrected chi connectivity index (χ2v) is 8.11. The lowest BCUT2D eigenvalue weighted by Crippen LogP contribution is -2.45. The quantitative estimate of drug-likeness (QED) is 0.749. The number of urea groups is 1. The molecule has 0 heterocycles. The summed E-state index contributed by atoms with van der Waals surface area (Å²) in [6.45, 7) is 6.01. The summed E-state index contributed by atoms with van der Waals surface area (Å²) in [6, 6.07) is 7.75. The van der Waals surface area contributed by atoms with E-state index in [1.807, 2.05) is 12.1 Å². The first-order valence-corrected chi connectivity index (χ1v) is 9.59. The van der Waals surface area contributed by atoms with Gasteiger partial charge >= 0.3 is 12.0 Å². The van der Waals surface area contributed by atoms with Gasteiger partial charge in [-0.1, -0.05) is 57.9 Å². The maximum absolute atomic E-state index is 11.8. The summed E-state index contributed by atoms with van der Waals surface area (Å²) in [6.07, 6.45) is 4.80. The van der Waals surface area contributed by atoms with Gasteiger partial charge in [0.15, 0.2) is 6.61 Å². The highest BCUT2D eigenvalue weighted by Crippen LogP contribution is 2.22. The summed E-state index contributed by atoms with van der Waals surface area (Å²) in [4.78, 5) is 35.2. The Labute approximate surface area is 161 Å². The van der Waals surface area contributed by atoms with E-state index in [2.05, 4.69) is 43.5 Å². The number of imide groups is 1. The van der Waals surface area contributed by atoms with E-state index >= 15 is 0 Å². The highest BCUT2D eigenvalue weighted by atomic mass is 16.5. The fourth-order valence-corrected chi connectivity index (χ4v) is 3.09. The van der Waals surface area contributed by atoms with Gasteiger partial charge in [0, 0.05) is 12.5 Å². The molecule has 0 aliphatic heterocycles. The number of carbonyl (C=O) groups is 3. The number of carbonyl (C=O) groups excluding carboxylic acids is 3. The van der Waals surface area contributed by atoms with Gasteiger partial charge in [-0.05, 0) is 35.8 Å². The first kappa shape index (κ1) is 20.9. The molecule has 0 radical (unpaired) electrons. The van der Waals surface area contributed by atoms with Gasteiger partial charge in [-0.2, -0.15) is 0 Å². The average molecular weight is 374 g/mol. The summed E-state index contributed by atoms with van der Waals surface area (Å²) in [5, 5.41) is 4.94. The van der Waals surface area contributed by atoms with E-state index in [-0.39, 0.29) is 17.9 Å². The van der Waals surface area contributed by atoms with Gasteiger partial charge < -0.3 is 10.1 Å². The van der Waals surface area contributed by atoms with E-state index in [0.717, 1.165) is 31.2 Å². The molecule has 0 spiro atoms. The molecule has 1 saturated carbocycles. The Morgan fingerprint density at radius 1 is 1.07 bits per heavy atom. The minimum Gasteiger partial charge on any atom is -0.456 e. The number of hydrogen-bond donors (Lipinski definition) is 2. The second kappa shape index (κ2) is 9.53. The molecule has 1 aliphatic carbocycles. The standard InChI is InChI=1S/C21H30N2O4/c1-21(2,3)16-11-8-15(9-12-16)10-13-19(25)27-14-18(24)23-20(26)22-17-6-4-5-7-17/h8-9,11-12,17H,4-7,10,13-14H2,1-3H3,(H2,22,23,24,26). The molecule has 148 valence electrons. The van der Waals surface area contributed by atoms with Crippen LogP contribution >= 0.6 is 0 Å². The van der Waals surface area contributed by atoms with E-state index < -0.39 is 24.5 Å². The number of hydrogen-bond acceptors (Lipinski definition) is 4. The maximum atomic E-state index is 11.8. The Morgan fingerprint density at radius 2 is 1.70 bits per heavy atom. The van der Waals surface area contributed by atoms with Crippen LogP contribution in [-0.2, 0) is 26.2 Å². The van der Waals surface area contributed by atoms with Crippen molar-refractivity contribution in [2.45, 2.75) is 70.8 Å². The summed E-state index contributed by atoms with van der Waals surface area (Å²) in [5.74, 6) is -1.07. The lowest BCUT2D eigenvalue weighted by molar-refractivity contribution is -0.148. The summed E-state index contributed by atoms with van der Waals surface area (Å²) < 4.78 is 4.94. The van der Waals surface area contributed by atoms with Crippen LogP contribution in [0.1, 0.15) is 64.0 Å². The van der Waals surface area contributed by atoms with Crippen LogP contribution in [-0.4, -0.2) is 30.6 Å². The van der Waals surface area contributed by atoms with Gasteiger partial charge in [-0.25, -0.2) is 4.79 Å². The van der Waals surface area contributed by atoms with E-state index in [9.17, 15) is 14.4 Å². The van der Waals surface area contributed by atoms with Crippen molar-refractivity contribution in [3.05, 3.63) is 35.4 Å². The molecule has 1 aliphatic rings. The van der Waals surface area contributed by atoms with Crippen LogP contribution in [0.4, 0.5) is 4.79 Å². The highest BCUT2D eigenvalue weighted by Gasteiger charge is 2.18. The number of benzene rings is 1. The summed E-state index contributed by atoms with van der Waals surface area (Å²) in [7, 11) is 0. The van der Waals surface area contributed by atoms with Crippen molar-refractivity contribution in [1.29, 1.82) is 0 Å². The molecular weight excluding hydrogens is 344 g/mol. The largest absolute Gasteiger partial charge is 0.456 e. The van der Waals surface area contributed by atoms with Crippen molar-refractivity contribution < 1.29 is 19.1 Å². The Hall–Kier alpha value is -2.37. The zero-order valence-electron chi connectivity index (χ0n) is 16.5. The predicted molar refractivity (Wildman–Crippen MR) is 103 cm³/mol. The van der Waals surface area contributed by atoms with Crippen LogP contribution in [0.2, 0.25) is 0 Å². The molecule has 6 heteroatoms. The minimum atomic E-state index is -0.617. The lowest BCUT2D eigenvalue weighted by atomic mass is 9.86. The monoisotopic (exact) mass is 374 g/mol. The van der Waals surface area contributed by atoms with Crippen molar-refractivity contribution >= 4 is 17.9 Å². The number of ether oxygens (including phenoxy) is 1. The van der Waals surface area contributed by atoms with Crippen molar-refractivity contribution in [3.8, 4) is 0 Å². The normalized spacial score (nSPS) is 14.6. The molecule has 1 fully saturated rings. The number of rotatable bonds is 6. The number of aryl methyl sites for hydroxylation is 1. The first-order chi connectivity index (χ1) is 12.7. The Kier molecular flexibility index (Phi) is 7.39. The van der Waals surface area contributed by atoms with Gasteiger partial charge in [-0.15, -0.1) is 0 Å². The molecule has 1 aromatic rings. The molecule has 1 aromatic carbocycles. The van der Waals surface area contributed by atoms with Crippen molar-refractivity contribution in [1.82, 2.24) is 10.6 Å². The summed E-state index contributed by atoms with van der Waals surface area (Å²) >= 11 is 0. The molecule has 27 heavy (non-hydrogen) atoms. The van der Waals surface area contributed by atoms with Crippen molar-refractivity contribution in [3.63, 3.8) is 0 Å². The smallest absolute Gasteiger partial charge is 0.321 e. The van der Waals surface area contributed by atoms with Crippen molar-refractivity contribution in [2.75, 3.05) is 6.61 Å². The van der Waals surface area contributed by atoms with E-state index in [0.29, 0.717) is 6.42 Å². The average Bonchev–Trinajstić information content (AvgIpc) is 3.10. The molecule has 0 aromatic heterocycles. The Bertz CT molecular complexity index is 656. The van der Waals surface area contributed by atoms with Gasteiger partial charge in [0.2, 0.25) is 0 Å². The number of esters is 1. The molecule has 2 rings (SSSR count). The SMILES string of the molecule is CC(C)(C)c1ccc(CCC(=O)OCC(=O)NC(=O)NC2CCCC2)cc1. The fraction of sp³-hybridized carbons (Fsp3) is 0.571. The molecule has 0 atom stereocenters. The van der Waals surface area contributed by atoms with Gasteiger partial charge in [0.05, 0.1) is 0 Å². The second-order valence-electron chi connectivity index (χ2n) is 8.11. The fourth-order valence-electron chi connectivity index (χ4n) is 3.09. The molecule has 0 unspecified atom stereocenters. The first-order valence-electron chi connectivity index (χ1n) is 9.59. The van der Waals surface area contributed by atoms with Gasteiger partial charge in [-0.3, -0.25) is 14.9 Å². The van der Waals surface area contributed by atoms with Crippen LogP contribution in [0.3, 0.4) is 0 Å². The maximum Gasteiger partial charge on any atom is 0.321 e. The molecule has 0 bridgehead atoms. The van der Waals surface area contributed by atoms with Crippen LogP contribution in [0.5, 0.6) is 0 Å². The minimum absolute atomic E-state index is 0.0921. The van der Waals surface area contributed by atoms with Crippen LogP contribution in [0.25, 0.3) is 0 Å². The third-order valence-electron chi connectivity index (χ3n) is 4.75. The van der Waals surface area contributed by atoms with Crippen LogP contribution in [0.15, 0.2) is 24.3 Å². The van der Waals surface area contributed by atoms with Gasteiger partial charge in [0.1, 0.15) is 0 Å². The van der Waals surface area contributed by atoms with Crippen LogP contribution in [0, 0.1) is 0 Å². The number of amides is 3. The zero-order chi connectivity index (χ0) is 19.9. The third kappa shape index (κ3) is 7.41. The summed E-state index contributed by atoms with van der Waals surface area (Å²) in [5.41, 5.74) is 2.37. The lowest BCUT2D eigenvalue weighted by Gasteiger charge is -2.19. The zero-order valence-corrected chi connectivity index (χ0v) is 16.5. The Balaban J connectivity index is 1.65. The van der Waals surface area contributed by atoms with Crippen LogP contribution < -0.4 is 10.6 Å². The van der Waals surface area contributed by atoms with E-state index in [4.69, 9.17) is 4.74 Å². The highest BCUT2D eigenvalue weighted by molar-refractivity contribution is 5.95. The molecule has 2 N–H and O–H groups in total. The molecule has 3 amide bonds. The number of nitrogens with one attached hydrogen (secondary N) is 2. The molecular formula is C21H30N2O4. The van der Waals surface area contributed by atoms with Gasteiger partial charge in [0.25, 0.3) is 5.91 Å². The molecule has 6 nitrogen and oxygen atoms in total. The molecule has 0 saturated heterocycles.